The minimum Gasteiger partial charge on any atom is -1.00 e. The van der Waals surface area contributed by atoms with Crippen molar-refractivity contribution in [1.82, 2.24) is 0 Å². The first-order valence-corrected chi connectivity index (χ1v) is 8.50. The zero-order valence-corrected chi connectivity index (χ0v) is 18.0. The van der Waals surface area contributed by atoms with Crippen LogP contribution in [0.4, 0.5) is 0 Å². The molecule has 2 aliphatic rings. The van der Waals surface area contributed by atoms with Crippen LogP contribution in [0.5, 0.6) is 0 Å². The molecule has 2 aromatic carbocycles. The fraction of sp³-hybridized carbons (Fsp3) is 0.167. The predicted octanol–water partition coefficient (Wildman–Crippen LogP) is 6.06. The van der Waals surface area contributed by atoms with Crippen LogP contribution in [0, 0.1) is 12.2 Å². The Morgan fingerprint density at radius 1 is 0.640 bits per heavy atom. The van der Waals surface area contributed by atoms with Gasteiger partial charge in [0.25, 0.3) is 0 Å². The van der Waals surface area contributed by atoms with Crippen LogP contribution >= 0.6 is 0 Å². The van der Waals surface area contributed by atoms with Crippen molar-refractivity contribution < 1.29 is 28.7 Å². The zero-order chi connectivity index (χ0) is 16.5. The summed E-state index contributed by atoms with van der Waals surface area (Å²) in [6, 6.07) is 21.0. The van der Waals surface area contributed by atoms with Gasteiger partial charge < -0.3 is 2.85 Å². The smallest absolute Gasteiger partial charge is 0 e. The van der Waals surface area contributed by atoms with Crippen LogP contribution in [0.3, 0.4) is 0 Å². The van der Waals surface area contributed by atoms with Gasteiger partial charge in [-0.1, -0.05) is 60.7 Å². The van der Waals surface area contributed by atoms with E-state index in [-0.39, 0.29) is 28.7 Å². The first-order chi connectivity index (χ1) is 11.9. The Morgan fingerprint density at radius 2 is 1.04 bits per heavy atom. The molecule has 0 bridgehead atoms. The van der Waals surface area contributed by atoms with E-state index in [4.69, 9.17) is 0 Å². The fourth-order valence-corrected chi connectivity index (χ4v) is 2.77. The molecule has 0 unspecified atom stereocenters. The van der Waals surface area contributed by atoms with Gasteiger partial charge in [-0.3, -0.25) is 12.2 Å². The topological polar surface area (TPSA) is 0 Å². The van der Waals surface area contributed by atoms with E-state index >= 15 is 0 Å². The van der Waals surface area contributed by atoms with Crippen molar-refractivity contribution in [3.63, 3.8) is 0 Å². The maximum Gasteiger partial charge on any atom is 0 e. The molecule has 0 aromatic heterocycles. The quantitative estimate of drug-likeness (QED) is 0.361. The SMILES string of the molecule is [C-]1=C(Cc2ccccc2)C=CC1.[C-]1=C(Cc2ccccc2)C=CC1.[H-].[H-].[Hf]. The summed E-state index contributed by atoms with van der Waals surface area (Å²) < 4.78 is 0. The molecule has 25 heavy (non-hydrogen) atoms. The average molecular weight is 491 g/mol. The van der Waals surface area contributed by atoms with Crippen LogP contribution in [-0.4, -0.2) is 0 Å². The zero-order valence-electron chi connectivity index (χ0n) is 16.4. The molecule has 2 aromatic rings. The molecule has 0 spiro atoms. The second-order valence-corrected chi connectivity index (χ2v) is 5.94. The minimum atomic E-state index is 0. The summed E-state index contributed by atoms with van der Waals surface area (Å²) in [5, 5.41) is 0. The molecule has 128 valence electrons. The molecule has 0 saturated heterocycles. The molecular weight excluding hydrogens is 467 g/mol. The van der Waals surface area contributed by atoms with Crippen molar-refractivity contribution in [2.45, 2.75) is 25.7 Å². The second kappa shape index (κ2) is 11.0. The summed E-state index contributed by atoms with van der Waals surface area (Å²) in [6.07, 6.45) is 19.3. The average Bonchev–Trinajstić information content (AvgIpc) is 3.32. The monoisotopic (exact) mass is 492 g/mol. The number of benzene rings is 2. The van der Waals surface area contributed by atoms with E-state index in [9.17, 15) is 0 Å². The molecule has 0 heterocycles. The standard InChI is InChI=1S/2C12H11.Hf.2H/c2*1-2-6-11(7-3-1)10-12-8-4-5-9-12;;;/h2*1-4,6-8H,5,10H2;;;/q2*-1;;2*-1. The van der Waals surface area contributed by atoms with Crippen molar-refractivity contribution in [3.05, 3.63) is 119 Å². The first-order valence-electron chi connectivity index (χ1n) is 8.50. The van der Waals surface area contributed by atoms with Gasteiger partial charge >= 0.3 is 0 Å². The summed E-state index contributed by atoms with van der Waals surface area (Å²) in [5.41, 5.74) is 5.38. The fourth-order valence-electron chi connectivity index (χ4n) is 2.77. The van der Waals surface area contributed by atoms with Gasteiger partial charge in [-0.2, -0.15) is 12.2 Å². The van der Waals surface area contributed by atoms with Gasteiger partial charge in [0.2, 0.25) is 0 Å². The molecule has 0 fully saturated rings. The predicted molar refractivity (Wildman–Crippen MR) is 104 cm³/mol. The van der Waals surface area contributed by atoms with Gasteiger partial charge in [-0.15, -0.1) is 12.8 Å². The number of hydrogen-bond donors (Lipinski definition) is 0. The van der Waals surface area contributed by atoms with E-state index in [1.165, 1.54) is 22.3 Å². The van der Waals surface area contributed by atoms with Gasteiger partial charge in [-0.25, -0.2) is 23.3 Å². The normalized spacial score (nSPS) is 14.2. The summed E-state index contributed by atoms with van der Waals surface area (Å²) in [6.45, 7) is 0. The first kappa shape index (κ1) is 19.6. The van der Waals surface area contributed by atoms with E-state index < -0.39 is 0 Å². The van der Waals surface area contributed by atoms with Crippen LogP contribution in [0.25, 0.3) is 0 Å². The third-order valence-corrected chi connectivity index (χ3v) is 4.01. The van der Waals surface area contributed by atoms with Gasteiger partial charge in [-0.05, 0) is 24.0 Å². The Kier molecular flexibility index (Phi) is 8.62. The second-order valence-electron chi connectivity index (χ2n) is 5.94. The molecule has 1 heteroatoms. The number of hydrogen-bond acceptors (Lipinski definition) is 0. The maximum absolute atomic E-state index is 3.31. The molecule has 4 rings (SSSR count). The van der Waals surface area contributed by atoms with Crippen molar-refractivity contribution in [2.75, 3.05) is 0 Å². The van der Waals surface area contributed by atoms with E-state index in [1.54, 1.807) is 0 Å². The van der Waals surface area contributed by atoms with Crippen LogP contribution in [0.1, 0.15) is 26.8 Å². The van der Waals surface area contributed by atoms with Crippen molar-refractivity contribution in [1.29, 1.82) is 0 Å². The maximum atomic E-state index is 3.31. The van der Waals surface area contributed by atoms with E-state index in [2.05, 4.69) is 85.0 Å². The number of allylic oxidation sites excluding steroid dienone is 8. The van der Waals surface area contributed by atoms with Crippen LogP contribution in [0.2, 0.25) is 0 Å². The molecule has 0 atom stereocenters. The number of rotatable bonds is 4. The molecule has 0 saturated carbocycles. The Morgan fingerprint density at radius 3 is 1.36 bits per heavy atom. The van der Waals surface area contributed by atoms with Gasteiger partial charge in [0.15, 0.2) is 0 Å². The molecule has 0 nitrogen and oxygen atoms in total. The minimum absolute atomic E-state index is 0. The molecule has 0 N–H and O–H groups in total. The summed E-state index contributed by atoms with van der Waals surface area (Å²) in [7, 11) is 0. The summed E-state index contributed by atoms with van der Waals surface area (Å²) >= 11 is 0. The summed E-state index contributed by atoms with van der Waals surface area (Å²) in [4.78, 5) is 0. The molecule has 2 aliphatic carbocycles. The molecule has 0 radical (unpaired) electrons. The van der Waals surface area contributed by atoms with E-state index in [0.717, 1.165) is 25.7 Å². The Hall–Kier alpha value is -1.73. The van der Waals surface area contributed by atoms with E-state index in [1.807, 2.05) is 12.1 Å². The third-order valence-electron chi connectivity index (χ3n) is 4.01. The van der Waals surface area contributed by atoms with Gasteiger partial charge in [0.1, 0.15) is 0 Å². The molecule has 0 amide bonds. The molecular formula is C24H24Hf-4. The van der Waals surface area contributed by atoms with Crippen LogP contribution < -0.4 is 0 Å². The van der Waals surface area contributed by atoms with Gasteiger partial charge in [0.05, 0.1) is 0 Å². The van der Waals surface area contributed by atoms with Crippen LogP contribution in [0.15, 0.2) is 96.1 Å². The molecule has 0 aliphatic heterocycles. The van der Waals surface area contributed by atoms with Crippen LogP contribution in [-0.2, 0) is 38.7 Å². The van der Waals surface area contributed by atoms with Crippen molar-refractivity contribution in [3.8, 4) is 0 Å². The van der Waals surface area contributed by atoms with Crippen molar-refractivity contribution >= 4 is 0 Å². The van der Waals surface area contributed by atoms with E-state index in [0.29, 0.717) is 0 Å². The Labute approximate surface area is 173 Å². The summed E-state index contributed by atoms with van der Waals surface area (Å²) in [5.74, 6) is 0. The third kappa shape index (κ3) is 6.96. The van der Waals surface area contributed by atoms with Crippen molar-refractivity contribution in [2.24, 2.45) is 0 Å². The van der Waals surface area contributed by atoms with Gasteiger partial charge in [0, 0.05) is 25.8 Å². The largest absolute Gasteiger partial charge is 1.00 e. The Balaban J connectivity index is 0.000000451. The Bertz CT molecular complexity index is 692.